The maximum absolute atomic E-state index is 12.3. The number of rotatable bonds is 9. The highest BCUT2D eigenvalue weighted by Crippen LogP contribution is 2.34. The first-order valence-corrected chi connectivity index (χ1v) is 10.7. The molecule has 2 amide bonds. The molecule has 0 bridgehead atoms. The first-order chi connectivity index (χ1) is 14.8. The molecule has 0 fully saturated rings. The summed E-state index contributed by atoms with van der Waals surface area (Å²) >= 11 is 7.02. The Labute approximate surface area is 188 Å². The number of benzene rings is 1. The second-order valence-electron chi connectivity index (χ2n) is 6.31. The topological polar surface area (TPSA) is 111 Å². The van der Waals surface area contributed by atoms with Gasteiger partial charge < -0.3 is 20.1 Å². The fourth-order valence-corrected chi connectivity index (χ4v) is 4.00. The summed E-state index contributed by atoms with van der Waals surface area (Å²) in [6, 6.07) is 6.15. The van der Waals surface area contributed by atoms with E-state index < -0.39 is 36.9 Å². The minimum Gasteiger partial charge on any atom is -0.462 e. The predicted molar refractivity (Wildman–Crippen MR) is 118 cm³/mol. The lowest BCUT2D eigenvalue weighted by Gasteiger charge is -2.09. The number of halogens is 1. The smallest absolute Gasteiger partial charge is 0.341 e. The van der Waals surface area contributed by atoms with E-state index in [2.05, 4.69) is 10.6 Å². The third-order valence-corrected chi connectivity index (χ3v) is 5.47. The van der Waals surface area contributed by atoms with E-state index in [1.54, 1.807) is 19.1 Å². The number of carbonyl (C=O) groups excluding carboxylic acids is 4. The SMILES string of the molecule is CCOC(=O)c1c(NC(=O)COC(=O)CNC(=O)c2ccc(Cl)cc2)sc(C)c1CC. The van der Waals surface area contributed by atoms with Crippen molar-refractivity contribution in [1.29, 1.82) is 0 Å². The number of amides is 2. The summed E-state index contributed by atoms with van der Waals surface area (Å²) in [6.07, 6.45) is 0.606. The molecule has 0 saturated carbocycles. The van der Waals surface area contributed by atoms with Crippen molar-refractivity contribution in [3.63, 3.8) is 0 Å². The molecule has 0 unspecified atom stereocenters. The van der Waals surface area contributed by atoms with E-state index in [-0.39, 0.29) is 6.61 Å². The second-order valence-corrected chi connectivity index (χ2v) is 7.97. The summed E-state index contributed by atoms with van der Waals surface area (Å²) in [5, 5.41) is 5.84. The Morgan fingerprint density at radius 3 is 2.35 bits per heavy atom. The van der Waals surface area contributed by atoms with E-state index in [1.807, 2.05) is 13.8 Å². The Hall–Kier alpha value is -2.91. The molecule has 2 N–H and O–H groups in total. The number of aryl methyl sites for hydroxylation is 1. The fourth-order valence-electron chi connectivity index (χ4n) is 2.73. The number of carbonyl (C=O) groups is 4. The molecule has 8 nitrogen and oxygen atoms in total. The molecule has 2 rings (SSSR count). The highest BCUT2D eigenvalue weighted by atomic mass is 35.5. The molecule has 0 atom stereocenters. The van der Waals surface area contributed by atoms with Crippen molar-refractivity contribution >= 4 is 51.7 Å². The van der Waals surface area contributed by atoms with Crippen LogP contribution in [0.5, 0.6) is 0 Å². The maximum atomic E-state index is 12.3. The van der Waals surface area contributed by atoms with Gasteiger partial charge in [0, 0.05) is 15.5 Å². The minimum absolute atomic E-state index is 0.212. The average Bonchev–Trinajstić information content (AvgIpc) is 3.05. The van der Waals surface area contributed by atoms with Crippen LogP contribution in [0, 0.1) is 6.92 Å². The summed E-state index contributed by atoms with van der Waals surface area (Å²) in [6.45, 7) is 4.71. The van der Waals surface area contributed by atoms with Crippen LogP contribution in [0.15, 0.2) is 24.3 Å². The molecule has 2 aromatic rings. The number of nitrogens with one attached hydrogen (secondary N) is 2. The molecule has 1 aromatic carbocycles. The molecule has 0 aliphatic rings. The van der Waals surface area contributed by atoms with Crippen LogP contribution >= 0.6 is 22.9 Å². The first kappa shape index (κ1) is 24.4. The number of anilines is 1. The van der Waals surface area contributed by atoms with Gasteiger partial charge in [-0.15, -0.1) is 11.3 Å². The fraction of sp³-hybridized carbons (Fsp3) is 0.333. The number of ether oxygens (including phenoxy) is 2. The van der Waals surface area contributed by atoms with Gasteiger partial charge >= 0.3 is 11.9 Å². The van der Waals surface area contributed by atoms with Crippen LogP contribution in [0.25, 0.3) is 0 Å². The van der Waals surface area contributed by atoms with Crippen molar-refractivity contribution in [1.82, 2.24) is 5.32 Å². The highest BCUT2D eigenvalue weighted by Gasteiger charge is 2.23. The summed E-state index contributed by atoms with van der Waals surface area (Å²) < 4.78 is 9.98. The highest BCUT2D eigenvalue weighted by molar-refractivity contribution is 7.16. The Kier molecular flexibility index (Phi) is 9.02. The molecule has 0 aliphatic carbocycles. The zero-order valence-electron chi connectivity index (χ0n) is 17.4. The van der Waals surface area contributed by atoms with Crippen LogP contribution in [0.4, 0.5) is 5.00 Å². The van der Waals surface area contributed by atoms with Gasteiger partial charge in [-0.2, -0.15) is 0 Å². The summed E-state index contributed by atoms with van der Waals surface area (Å²) in [7, 11) is 0. The van der Waals surface area contributed by atoms with Crippen LogP contribution in [-0.2, 0) is 25.5 Å². The van der Waals surface area contributed by atoms with Crippen LogP contribution < -0.4 is 10.6 Å². The quantitative estimate of drug-likeness (QED) is 0.548. The molecular weight excluding hydrogens is 444 g/mol. The first-order valence-electron chi connectivity index (χ1n) is 9.55. The summed E-state index contributed by atoms with van der Waals surface area (Å²) in [5.74, 6) is -2.37. The van der Waals surface area contributed by atoms with E-state index in [0.717, 1.165) is 10.4 Å². The monoisotopic (exact) mass is 466 g/mol. The van der Waals surface area contributed by atoms with Gasteiger partial charge in [0.2, 0.25) is 0 Å². The van der Waals surface area contributed by atoms with Crippen LogP contribution in [0.1, 0.15) is 45.0 Å². The van der Waals surface area contributed by atoms with Gasteiger partial charge in [0.05, 0.1) is 12.2 Å². The third kappa shape index (κ3) is 6.80. The van der Waals surface area contributed by atoms with Gasteiger partial charge in [0.15, 0.2) is 6.61 Å². The number of hydrogen-bond donors (Lipinski definition) is 2. The Morgan fingerprint density at radius 2 is 1.74 bits per heavy atom. The van der Waals surface area contributed by atoms with Crippen molar-refractivity contribution in [3.8, 4) is 0 Å². The van der Waals surface area contributed by atoms with Crippen LogP contribution in [-0.4, -0.2) is 43.5 Å². The molecule has 166 valence electrons. The Morgan fingerprint density at radius 1 is 1.06 bits per heavy atom. The number of thiophene rings is 1. The van der Waals surface area contributed by atoms with Crippen molar-refractivity contribution in [3.05, 3.63) is 50.9 Å². The summed E-state index contributed by atoms with van der Waals surface area (Å²) in [4.78, 5) is 49.2. The molecule has 31 heavy (non-hydrogen) atoms. The van der Waals surface area contributed by atoms with Gasteiger partial charge in [-0.1, -0.05) is 18.5 Å². The van der Waals surface area contributed by atoms with Gasteiger partial charge in [0.1, 0.15) is 11.5 Å². The minimum atomic E-state index is -0.778. The van der Waals surface area contributed by atoms with Crippen LogP contribution in [0.3, 0.4) is 0 Å². The van der Waals surface area contributed by atoms with E-state index in [9.17, 15) is 19.2 Å². The second kappa shape index (κ2) is 11.5. The van der Waals surface area contributed by atoms with Crippen molar-refractivity contribution in [2.24, 2.45) is 0 Å². The van der Waals surface area contributed by atoms with E-state index in [4.69, 9.17) is 21.1 Å². The molecule has 0 saturated heterocycles. The number of esters is 2. The lowest BCUT2D eigenvalue weighted by Crippen LogP contribution is -2.32. The molecule has 1 aromatic heterocycles. The van der Waals surface area contributed by atoms with Gasteiger partial charge in [-0.25, -0.2) is 4.79 Å². The molecule has 10 heteroatoms. The van der Waals surface area contributed by atoms with E-state index >= 15 is 0 Å². The maximum Gasteiger partial charge on any atom is 0.341 e. The van der Waals surface area contributed by atoms with E-state index in [1.165, 1.54) is 23.5 Å². The predicted octanol–water partition coefficient (Wildman–Crippen LogP) is 3.36. The standard InChI is InChI=1S/C21H23ClN2O6S/c1-4-15-12(3)31-20(18(15)21(28)29-5-2)24-16(25)11-30-17(26)10-23-19(27)13-6-8-14(22)9-7-13/h6-9H,4-5,10-11H2,1-3H3,(H,23,27)(H,24,25). The van der Waals surface area contributed by atoms with Gasteiger partial charge in [-0.3, -0.25) is 14.4 Å². The zero-order valence-corrected chi connectivity index (χ0v) is 18.9. The number of hydrogen-bond acceptors (Lipinski definition) is 7. The van der Waals surface area contributed by atoms with Gasteiger partial charge in [-0.05, 0) is 50.1 Å². The van der Waals surface area contributed by atoms with Crippen molar-refractivity contribution in [2.75, 3.05) is 25.1 Å². The largest absolute Gasteiger partial charge is 0.462 e. The Balaban J connectivity index is 1.89. The normalized spacial score (nSPS) is 10.3. The van der Waals surface area contributed by atoms with Gasteiger partial charge in [0.25, 0.3) is 11.8 Å². The lowest BCUT2D eigenvalue weighted by atomic mass is 10.1. The van der Waals surface area contributed by atoms with Crippen molar-refractivity contribution in [2.45, 2.75) is 27.2 Å². The molecule has 0 aliphatic heterocycles. The zero-order chi connectivity index (χ0) is 23.0. The van der Waals surface area contributed by atoms with Crippen molar-refractivity contribution < 1.29 is 28.7 Å². The van der Waals surface area contributed by atoms with Crippen LogP contribution in [0.2, 0.25) is 5.02 Å². The molecular formula is C21H23ClN2O6S. The lowest BCUT2D eigenvalue weighted by molar-refractivity contribution is -0.146. The summed E-state index contributed by atoms with van der Waals surface area (Å²) in [5.41, 5.74) is 1.46. The molecule has 0 spiro atoms. The third-order valence-electron chi connectivity index (χ3n) is 4.16. The Bertz CT molecular complexity index is 971. The average molecular weight is 467 g/mol. The molecule has 0 radical (unpaired) electrons. The molecule has 1 heterocycles. The van der Waals surface area contributed by atoms with E-state index in [0.29, 0.717) is 27.6 Å².